The fourth-order valence-corrected chi connectivity index (χ4v) is 4.36. The number of hydrogen-bond donors (Lipinski definition) is 2. The van der Waals surface area contributed by atoms with Crippen LogP contribution in [0.4, 0.5) is 0 Å². The zero-order valence-corrected chi connectivity index (χ0v) is 17.7. The van der Waals surface area contributed by atoms with Crippen LogP contribution in [-0.4, -0.2) is 36.3 Å². The second kappa shape index (κ2) is 9.77. The van der Waals surface area contributed by atoms with Crippen molar-refractivity contribution < 1.29 is 14.6 Å². The number of aliphatic hydroxyl groups excluding tert-OH is 1. The maximum Gasteiger partial charge on any atom is 0.265 e. The number of benzene rings is 3. The Morgan fingerprint density at radius 1 is 1.06 bits per heavy atom. The maximum absolute atomic E-state index is 12.9. The van der Waals surface area contributed by atoms with E-state index in [2.05, 4.69) is 17.6 Å². The summed E-state index contributed by atoms with van der Waals surface area (Å²) in [5, 5.41) is 12.4. The van der Waals surface area contributed by atoms with E-state index in [0.29, 0.717) is 18.5 Å². The molecule has 1 aliphatic heterocycles. The molecule has 0 bridgehead atoms. The van der Waals surface area contributed by atoms with Gasteiger partial charge in [-0.15, -0.1) is 0 Å². The monoisotopic (exact) mass is 416 g/mol. The van der Waals surface area contributed by atoms with Gasteiger partial charge in [0.2, 0.25) is 0 Å². The number of hydrazine groups is 1. The molecule has 5 nitrogen and oxygen atoms in total. The Morgan fingerprint density at radius 2 is 1.77 bits per heavy atom. The van der Waals surface area contributed by atoms with E-state index in [1.165, 1.54) is 5.56 Å². The van der Waals surface area contributed by atoms with Crippen molar-refractivity contribution in [2.75, 3.05) is 20.3 Å². The van der Waals surface area contributed by atoms with E-state index in [1.54, 1.807) is 7.11 Å². The summed E-state index contributed by atoms with van der Waals surface area (Å²) >= 11 is 0. The van der Waals surface area contributed by atoms with Gasteiger partial charge >= 0.3 is 0 Å². The van der Waals surface area contributed by atoms with Gasteiger partial charge in [-0.3, -0.25) is 10.2 Å². The molecule has 1 aliphatic rings. The normalized spacial score (nSPS) is 16.9. The molecule has 0 saturated carbocycles. The minimum Gasteiger partial charge on any atom is -0.497 e. The van der Waals surface area contributed by atoms with Crippen LogP contribution in [0.5, 0.6) is 5.75 Å². The predicted molar refractivity (Wildman–Crippen MR) is 121 cm³/mol. The number of nitrogens with zero attached hydrogens (tertiary/aromatic N) is 1. The molecule has 4 rings (SSSR count). The Balaban J connectivity index is 1.62. The van der Waals surface area contributed by atoms with E-state index < -0.39 is 0 Å². The number of carbonyl (C=O) groups excluding carboxylic acids is 1. The van der Waals surface area contributed by atoms with Gasteiger partial charge in [-0.25, -0.2) is 5.01 Å². The number of nitrogens with one attached hydrogen (secondary N) is 1. The third-order valence-electron chi connectivity index (χ3n) is 5.95. The third kappa shape index (κ3) is 4.79. The first kappa shape index (κ1) is 21.1. The molecule has 2 N–H and O–H groups in total. The molecular formula is C26H28N2O3. The minimum atomic E-state index is -0.133. The highest BCUT2D eigenvalue weighted by Crippen LogP contribution is 2.36. The molecule has 0 saturated heterocycles. The second-order valence-corrected chi connectivity index (χ2v) is 7.89. The topological polar surface area (TPSA) is 61.8 Å². The largest absolute Gasteiger partial charge is 0.497 e. The smallest absolute Gasteiger partial charge is 0.265 e. The zero-order valence-electron chi connectivity index (χ0n) is 17.7. The van der Waals surface area contributed by atoms with E-state index >= 15 is 0 Å². The molecule has 1 amide bonds. The van der Waals surface area contributed by atoms with Crippen LogP contribution in [0, 0.1) is 5.92 Å². The highest BCUT2D eigenvalue weighted by Gasteiger charge is 2.34. The third-order valence-corrected chi connectivity index (χ3v) is 5.95. The molecule has 2 atom stereocenters. The lowest BCUT2D eigenvalue weighted by atomic mass is 9.83. The summed E-state index contributed by atoms with van der Waals surface area (Å²) in [7, 11) is 1.65. The van der Waals surface area contributed by atoms with E-state index in [1.807, 2.05) is 71.7 Å². The van der Waals surface area contributed by atoms with Crippen LogP contribution < -0.4 is 10.2 Å². The van der Waals surface area contributed by atoms with E-state index in [0.717, 1.165) is 23.3 Å². The van der Waals surface area contributed by atoms with E-state index in [9.17, 15) is 9.90 Å². The molecule has 31 heavy (non-hydrogen) atoms. The van der Waals surface area contributed by atoms with Crippen molar-refractivity contribution in [3.05, 3.63) is 101 Å². The highest BCUT2D eigenvalue weighted by atomic mass is 16.5. The number of aliphatic hydroxyl groups is 1. The number of rotatable bonds is 7. The molecule has 3 aromatic rings. The number of carbonyl (C=O) groups is 1. The number of fused-ring (bicyclic) bond motifs is 1. The molecule has 0 spiro atoms. The van der Waals surface area contributed by atoms with Gasteiger partial charge in [-0.05, 0) is 53.8 Å². The summed E-state index contributed by atoms with van der Waals surface area (Å²) in [6.07, 6.45) is 1.54. The second-order valence-electron chi connectivity index (χ2n) is 7.89. The van der Waals surface area contributed by atoms with Gasteiger partial charge in [0.15, 0.2) is 0 Å². The number of amides is 1. The van der Waals surface area contributed by atoms with Crippen LogP contribution >= 0.6 is 0 Å². The molecule has 0 radical (unpaired) electrons. The van der Waals surface area contributed by atoms with Crippen molar-refractivity contribution in [3.63, 3.8) is 0 Å². The Kier molecular flexibility index (Phi) is 6.65. The average molecular weight is 417 g/mol. The van der Waals surface area contributed by atoms with Crippen molar-refractivity contribution >= 4 is 5.91 Å². The molecular weight excluding hydrogens is 388 g/mol. The summed E-state index contributed by atoms with van der Waals surface area (Å²) in [5.41, 5.74) is 7.28. The average Bonchev–Trinajstić information content (AvgIpc) is 2.83. The first-order valence-corrected chi connectivity index (χ1v) is 10.6. The quantitative estimate of drug-likeness (QED) is 0.615. The highest BCUT2D eigenvalue weighted by molar-refractivity contribution is 5.93. The Morgan fingerprint density at radius 3 is 2.48 bits per heavy atom. The van der Waals surface area contributed by atoms with Crippen LogP contribution in [0.3, 0.4) is 0 Å². The molecule has 5 heteroatoms. The van der Waals surface area contributed by atoms with Crippen molar-refractivity contribution in [1.82, 2.24) is 10.4 Å². The summed E-state index contributed by atoms with van der Waals surface area (Å²) in [6, 6.07) is 25.4. The molecule has 160 valence electrons. The van der Waals surface area contributed by atoms with Crippen molar-refractivity contribution in [2.45, 2.75) is 18.9 Å². The fraction of sp³-hybridized carbons (Fsp3) is 0.269. The van der Waals surface area contributed by atoms with Crippen LogP contribution in [-0.2, 0) is 12.8 Å². The Hall–Kier alpha value is -3.15. The van der Waals surface area contributed by atoms with Gasteiger partial charge < -0.3 is 9.84 Å². The molecule has 1 heterocycles. The Bertz CT molecular complexity index is 1000. The van der Waals surface area contributed by atoms with Crippen molar-refractivity contribution in [3.8, 4) is 5.75 Å². The maximum atomic E-state index is 12.9. The van der Waals surface area contributed by atoms with Crippen molar-refractivity contribution in [1.29, 1.82) is 0 Å². The van der Waals surface area contributed by atoms with E-state index in [-0.39, 0.29) is 24.5 Å². The fourth-order valence-electron chi connectivity index (χ4n) is 4.36. The van der Waals surface area contributed by atoms with Gasteiger partial charge in [0, 0.05) is 24.6 Å². The summed E-state index contributed by atoms with van der Waals surface area (Å²) in [4.78, 5) is 12.9. The lowest BCUT2D eigenvalue weighted by Gasteiger charge is -2.41. The molecule has 3 aromatic carbocycles. The minimum absolute atomic E-state index is 0.0166. The summed E-state index contributed by atoms with van der Waals surface area (Å²) < 4.78 is 5.26. The standard InChI is InChI=1S/C26H28N2O3/c1-31-23-13-11-19(12-14-23)17-22(18-29)25-24-10-6-5-7-20(24)15-16-28(25)27-26(30)21-8-3-2-4-9-21/h2-14,22,25,29H,15-18H2,1H3,(H,27,30)/t22-,25+/m1/s1. The number of hydrogen-bond acceptors (Lipinski definition) is 4. The molecule has 0 fully saturated rings. The summed E-state index contributed by atoms with van der Waals surface area (Å²) in [5.74, 6) is 0.598. The van der Waals surface area contributed by atoms with Crippen LogP contribution in [0.15, 0.2) is 78.9 Å². The number of methoxy groups -OCH3 is 1. The number of ether oxygens (including phenoxy) is 1. The zero-order chi connectivity index (χ0) is 21.6. The Labute approximate surface area is 183 Å². The first-order valence-electron chi connectivity index (χ1n) is 10.6. The predicted octanol–water partition coefficient (Wildman–Crippen LogP) is 3.79. The lowest BCUT2D eigenvalue weighted by Crippen LogP contribution is -2.50. The first-order chi connectivity index (χ1) is 15.2. The summed E-state index contributed by atoms with van der Waals surface area (Å²) in [6.45, 7) is 0.710. The molecule has 0 unspecified atom stereocenters. The van der Waals surface area contributed by atoms with Crippen LogP contribution in [0.1, 0.15) is 33.1 Å². The van der Waals surface area contributed by atoms with Gasteiger partial charge in [0.05, 0.1) is 13.2 Å². The van der Waals surface area contributed by atoms with Crippen LogP contribution in [0.2, 0.25) is 0 Å². The van der Waals surface area contributed by atoms with E-state index in [4.69, 9.17) is 4.74 Å². The molecule has 0 aliphatic carbocycles. The molecule has 0 aromatic heterocycles. The SMILES string of the molecule is COc1ccc(C[C@H](CO)[C@H]2c3ccccc3CCN2NC(=O)c2ccccc2)cc1. The van der Waals surface area contributed by atoms with Crippen LogP contribution in [0.25, 0.3) is 0 Å². The van der Waals surface area contributed by atoms with Crippen molar-refractivity contribution in [2.24, 2.45) is 5.92 Å². The van der Waals surface area contributed by atoms with Gasteiger partial charge in [-0.2, -0.15) is 0 Å². The van der Waals surface area contributed by atoms with Gasteiger partial charge in [0.25, 0.3) is 5.91 Å². The van der Waals surface area contributed by atoms with Gasteiger partial charge in [-0.1, -0.05) is 54.6 Å². The lowest BCUT2D eigenvalue weighted by molar-refractivity contribution is 0.0379. The van der Waals surface area contributed by atoms with Gasteiger partial charge in [0.1, 0.15) is 5.75 Å².